The first-order valence-corrected chi connectivity index (χ1v) is 9.19. The number of carbonyl (C=O) groups is 1. The summed E-state index contributed by atoms with van der Waals surface area (Å²) in [6.45, 7) is 4.91. The fourth-order valence-corrected chi connectivity index (χ4v) is 4.18. The molecule has 0 radical (unpaired) electrons. The maximum Gasteiger partial charge on any atom is 0.244 e. The Bertz CT molecular complexity index is 753. The fourth-order valence-electron chi connectivity index (χ4n) is 4.18. The number of carbonyl (C=O) groups excluding carboxylic acids is 1. The van der Waals surface area contributed by atoms with Gasteiger partial charge in [-0.1, -0.05) is 12.1 Å². The molecule has 136 valence electrons. The first-order valence-electron chi connectivity index (χ1n) is 9.19. The molecule has 4 rings (SSSR count). The summed E-state index contributed by atoms with van der Waals surface area (Å²) in [5.74, 6) is 0.246. The van der Waals surface area contributed by atoms with Gasteiger partial charge in [-0.05, 0) is 30.2 Å². The lowest BCUT2D eigenvalue weighted by Crippen LogP contribution is -2.65. The number of aromatic nitrogens is 2. The number of likely N-dealkylation sites (tertiary alicyclic amines) is 1. The number of piperazine rings is 1. The van der Waals surface area contributed by atoms with Crippen LogP contribution in [0.25, 0.3) is 0 Å². The van der Waals surface area contributed by atoms with E-state index in [0.29, 0.717) is 0 Å². The predicted octanol–water partition coefficient (Wildman–Crippen LogP) is 1.40. The largest absolute Gasteiger partial charge is 0.343 e. The van der Waals surface area contributed by atoms with Crippen LogP contribution in [0.3, 0.4) is 0 Å². The Morgan fingerprint density at radius 3 is 2.77 bits per heavy atom. The summed E-state index contributed by atoms with van der Waals surface area (Å²) < 4.78 is 0. The van der Waals surface area contributed by atoms with Crippen molar-refractivity contribution >= 4 is 5.91 Å². The lowest BCUT2D eigenvalue weighted by atomic mass is 9.91. The number of amides is 1. The predicted molar refractivity (Wildman–Crippen MR) is 99.1 cm³/mol. The topological polar surface area (TPSA) is 52.6 Å². The zero-order chi connectivity index (χ0) is 18.0. The van der Waals surface area contributed by atoms with Crippen molar-refractivity contribution in [2.45, 2.75) is 25.0 Å². The average molecular weight is 351 g/mol. The van der Waals surface area contributed by atoms with Gasteiger partial charge in [0.2, 0.25) is 5.91 Å². The number of hydrogen-bond donors (Lipinski definition) is 0. The van der Waals surface area contributed by atoms with Crippen LogP contribution in [0.15, 0.2) is 48.9 Å². The van der Waals surface area contributed by atoms with E-state index < -0.39 is 5.54 Å². The van der Waals surface area contributed by atoms with Crippen LogP contribution in [0.1, 0.15) is 17.7 Å². The molecule has 6 nitrogen and oxygen atoms in total. The second kappa shape index (κ2) is 7.13. The highest BCUT2D eigenvalue weighted by atomic mass is 16.2. The Morgan fingerprint density at radius 1 is 1.08 bits per heavy atom. The maximum absolute atomic E-state index is 13.2. The van der Waals surface area contributed by atoms with E-state index in [2.05, 4.69) is 25.8 Å². The van der Waals surface area contributed by atoms with Gasteiger partial charge in [-0.3, -0.25) is 24.6 Å². The molecule has 1 unspecified atom stereocenters. The SMILES string of the molecule is CN1CCN(Cc2cccnc2)C2(CCN(Cc3ccccn3)C2)C1=O. The van der Waals surface area contributed by atoms with Crippen molar-refractivity contribution in [3.05, 3.63) is 60.2 Å². The minimum atomic E-state index is -0.433. The van der Waals surface area contributed by atoms with Gasteiger partial charge >= 0.3 is 0 Å². The van der Waals surface area contributed by atoms with Crippen LogP contribution in [0.2, 0.25) is 0 Å². The summed E-state index contributed by atoms with van der Waals surface area (Å²) in [4.78, 5) is 28.5. The third-order valence-corrected chi connectivity index (χ3v) is 5.59. The van der Waals surface area contributed by atoms with Crippen molar-refractivity contribution in [2.75, 3.05) is 33.2 Å². The smallest absolute Gasteiger partial charge is 0.244 e. The number of rotatable bonds is 4. The van der Waals surface area contributed by atoms with E-state index in [4.69, 9.17) is 0 Å². The Balaban J connectivity index is 1.54. The molecular weight excluding hydrogens is 326 g/mol. The van der Waals surface area contributed by atoms with Crippen molar-refractivity contribution in [2.24, 2.45) is 0 Å². The van der Waals surface area contributed by atoms with Crippen molar-refractivity contribution in [3.8, 4) is 0 Å². The first kappa shape index (κ1) is 17.1. The van der Waals surface area contributed by atoms with Gasteiger partial charge in [0.1, 0.15) is 5.54 Å². The molecule has 0 bridgehead atoms. The molecule has 0 saturated carbocycles. The summed E-state index contributed by atoms with van der Waals surface area (Å²) >= 11 is 0. The molecule has 6 heteroatoms. The molecule has 2 saturated heterocycles. The molecule has 2 aliphatic rings. The lowest BCUT2D eigenvalue weighted by Gasteiger charge is -2.46. The van der Waals surface area contributed by atoms with Gasteiger partial charge in [0.05, 0.1) is 5.69 Å². The van der Waals surface area contributed by atoms with E-state index in [9.17, 15) is 4.79 Å². The van der Waals surface area contributed by atoms with Gasteiger partial charge in [0, 0.05) is 64.9 Å². The third-order valence-electron chi connectivity index (χ3n) is 5.59. The monoisotopic (exact) mass is 351 g/mol. The molecule has 1 atom stereocenters. The zero-order valence-corrected chi connectivity index (χ0v) is 15.2. The van der Waals surface area contributed by atoms with Gasteiger partial charge in [0.25, 0.3) is 0 Å². The summed E-state index contributed by atoms with van der Waals surface area (Å²) in [5.41, 5.74) is 1.78. The number of likely N-dealkylation sites (N-methyl/N-ethyl adjacent to an activating group) is 1. The van der Waals surface area contributed by atoms with Crippen LogP contribution in [-0.4, -0.2) is 69.3 Å². The molecule has 0 N–H and O–H groups in total. The molecule has 26 heavy (non-hydrogen) atoms. The van der Waals surface area contributed by atoms with Gasteiger partial charge in [-0.25, -0.2) is 0 Å². The Kier molecular flexibility index (Phi) is 4.70. The van der Waals surface area contributed by atoms with Gasteiger partial charge < -0.3 is 4.90 Å². The second-order valence-corrected chi connectivity index (χ2v) is 7.32. The minimum absolute atomic E-state index is 0.246. The molecule has 1 amide bonds. The normalized spacial score (nSPS) is 24.5. The summed E-state index contributed by atoms with van der Waals surface area (Å²) in [7, 11) is 1.92. The molecule has 2 fully saturated rings. The average Bonchev–Trinajstić information content (AvgIpc) is 3.09. The van der Waals surface area contributed by atoms with Crippen LogP contribution in [-0.2, 0) is 17.9 Å². The van der Waals surface area contributed by atoms with E-state index in [1.54, 1.807) is 6.20 Å². The summed E-state index contributed by atoms with van der Waals surface area (Å²) in [6, 6.07) is 10.0. The minimum Gasteiger partial charge on any atom is -0.343 e. The third kappa shape index (κ3) is 3.22. The quantitative estimate of drug-likeness (QED) is 0.833. The molecular formula is C20H25N5O. The highest BCUT2D eigenvalue weighted by Crippen LogP contribution is 2.34. The molecule has 0 aliphatic carbocycles. The molecule has 2 aliphatic heterocycles. The summed E-state index contributed by atoms with van der Waals surface area (Å²) in [5, 5.41) is 0. The van der Waals surface area contributed by atoms with Crippen LogP contribution < -0.4 is 0 Å². The first-order chi connectivity index (χ1) is 12.7. The van der Waals surface area contributed by atoms with Gasteiger partial charge in [-0.15, -0.1) is 0 Å². The van der Waals surface area contributed by atoms with Crippen LogP contribution in [0.5, 0.6) is 0 Å². The number of pyridine rings is 2. The lowest BCUT2D eigenvalue weighted by molar-refractivity contribution is -0.149. The zero-order valence-electron chi connectivity index (χ0n) is 15.2. The number of hydrogen-bond acceptors (Lipinski definition) is 5. The molecule has 2 aromatic heterocycles. The maximum atomic E-state index is 13.2. The van der Waals surface area contributed by atoms with Crippen LogP contribution in [0.4, 0.5) is 0 Å². The van der Waals surface area contributed by atoms with Gasteiger partial charge in [-0.2, -0.15) is 0 Å². The standard InChI is InChI=1S/C20H25N5O/c1-23-11-12-25(14-17-5-4-8-21-13-17)20(19(23)26)7-10-24(16-20)15-18-6-2-3-9-22-18/h2-6,8-9,13H,7,10-12,14-16H2,1H3. The van der Waals surface area contributed by atoms with E-state index in [1.807, 2.05) is 48.6 Å². The fraction of sp³-hybridized carbons (Fsp3) is 0.450. The van der Waals surface area contributed by atoms with Crippen molar-refractivity contribution in [1.82, 2.24) is 24.7 Å². The Morgan fingerprint density at radius 2 is 2.00 bits per heavy atom. The Hall–Kier alpha value is -2.31. The van der Waals surface area contributed by atoms with E-state index in [0.717, 1.165) is 56.9 Å². The number of nitrogens with zero attached hydrogens (tertiary/aromatic N) is 5. The van der Waals surface area contributed by atoms with Crippen molar-refractivity contribution < 1.29 is 4.79 Å². The molecule has 0 aromatic carbocycles. The van der Waals surface area contributed by atoms with Gasteiger partial charge in [0.15, 0.2) is 0 Å². The van der Waals surface area contributed by atoms with Crippen LogP contribution in [0, 0.1) is 0 Å². The van der Waals surface area contributed by atoms with E-state index in [-0.39, 0.29) is 5.91 Å². The Labute approximate surface area is 154 Å². The summed E-state index contributed by atoms with van der Waals surface area (Å²) in [6.07, 6.45) is 6.38. The van der Waals surface area contributed by atoms with Crippen molar-refractivity contribution in [3.63, 3.8) is 0 Å². The van der Waals surface area contributed by atoms with Crippen LogP contribution >= 0.6 is 0 Å². The molecule has 4 heterocycles. The van der Waals surface area contributed by atoms with Crippen molar-refractivity contribution in [1.29, 1.82) is 0 Å². The highest BCUT2D eigenvalue weighted by Gasteiger charge is 2.52. The molecule has 1 spiro atoms. The molecule has 2 aromatic rings. The van der Waals surface area contributed by atoms with E-state index >= 15 is 0 Å². The highest BCUT2D eigenvalue weighted by molar-refractivity contribution is 5.87. The van der Waals surface area contributed by atoms with E-state index in [1.165, 1.54) is 0 Å². The second-order valence-electron chi connectivity index (χ2n) is 7.32.